The van der Waals surface area contributed by atoms with Crippen LogP contribution < -0.4 is 16.4 Å². The van der Waals surface area contributed by atoms with Crippen LogP contribution in [0.2, 0.25) is 0 Å². The van der Waals surface area contributed by atoms with Crippen LogP contribution in [0.15, 0.2) is 0 Å². The van der Waals surface area contributed by atoms with Crippen molar-refractivity contribution in [1.82, 2.24) is 20.0 Å². The number of carbonyl (C=O) groups is 4. The fraction of sp³-hybridized carbons (Fsp3) is 0.800. The molecule has 0 saturated carbocycles. The molecule has 13 nitrogen and oxygen atoms in total. The predicted molar refractivity (Wildman–Crippen MR) is 154 cm³/mol. The lowest BCUT2D eigenvalue weighted by Crippen LogP contribution is -2.49. The number of hydrogen-bond acceptors (Lipinski definition) is 8. The fourth-order valence-corrected chi connectivity index (χ4v) is 7.70. The van der Waals surface area contributed by atoms with Crippen molar-refractivity contribution in [3.8, 4) is 0 Å². The highest BCUT2D eigenvalue weighted by molar-refractivity contribution is 7.99. The third kappa shape index (κ3) is 15.9. The summed E-state index contributed by atoms with van der Waals surface area (Å²) in [7, 11) is -3.62. The van der Waals surface area contributed by atoms with E-state index < -0.39 is 50.1 Å². The number of rotatable bonds is 24. The van der Waals surface area contributed by atoms with E-state index in [4.69, 9.17) is 66.9 Å². The van der Waals surface area contributed by atoms with Gasteiger partial charge in [0.05, 0.1) is 6.61 Å². The molecule has 0 radical (unpaired) electrons. The van der Waals surface area contributed by atoms with Crippen LogP contribution in [-0.4, -0.2) is 130 Å². The zero-order chi connectivity index (χ0) is 29.8. The average molecular weight is 679 g/mol. The number of carbonyl (C=O) groups excluding carboxylic acids is 2. The Morgan fingerprint density at radius 2 is 1.46 bits per heavy atom. The smallest absolute Gasteiger partial charge is 0.346 e. The maximum atomic E-state index is 14.0. The molecule has 2 amide bonds. The molecular formula is C20H36Cl4N5O8PS. The molecule has 0 aromatic carbocycles. The number of nitrogens with two attached hydrogens (primary N) is 1. The molecule has 0 spiro atoms. The Bertz CT molecular complexity index is 790. The van der Waals surface area contributed by atoms with Gasteiger partial charge in [-0.25, -0.2) is 9.34 Å². The Balaban J connectivity index is 5.30. The van der Waals surface area contributed by atoms with Crippen LogP contribution in [0.25, 0.3) is 0 Å². The standard InChI is InChI=1S/C20H36Cl4N5O8PS/c21-3-7-28(8-4-22)38(36,29(9-5-23)10-6-24)37-11-12-39-14-16(19(33)26-13-18(31)32)27-17(30)2-1-15(25)20(34)35/h15-16H,1-14,25H2,(H,26,33)(H,27,30)(H,31,32)(H,34,35). The number of alkyl halides is 4. The van der Waals surface area contributed by atoms with E-state index in [1.165, 1.54) is 11.8 Å². The first-order valence-corrected chi connectivity index (χ1v) is 16.6. The van der Waals surface area contributed by atoms with Crippen molar-refractivity contribution in [2.45, 2.75) is 24.9 Å². The summed E-state index contributed by atoms with van der Waals surface area (Å²) < 4.78 is 23.0. The molecule has 0 fully saturated rings. The number of halogens is 4. The third-order valence-electron chi connectivity index (χ3n) is 4.92. The molecule has 6 N–H and O–H groups in total. The van der Waals surface area contributed by atoms with Crippen molar-refractivity contribution >= 4 is 89.6 Å². The quantitative estimate of drug-likeness (QED) is 0.0559. The average Bonchev–Trinajstić information content (AvgIpc) is 2.88. The van der Waals surface area contributed by atoms with Crippen molar-refractivity contribution in [2.75, 3.05) is 74.4 Å². The van der Waals surface area contributed by atoms with Crippen molar-refractivity contribution in [1.29, 1.82) is 0 Å². The Morgan fingerprint density at radius 3 is 1.90 bits per heavy atom. The van der Waals surface area contributed by atoms with Crippen LogP contribution in [-0.2, 0) is 28.3 Å². The number of aliphatic carboxylic acids is 2. The summed E-state index contributed by atoms with van der Waals surface area (Å²) >= 11 is 24.8. The van der Waals surface area contributed by atoms with E-state index in [0.29, 0.717) is 0 Å². The number of carboxylic acids is 2. The van der Waals surface area contributed by atoms with E-state index in [2.05, 4.69) is 10.6 Å². The maximum absolute atomic E-state index is 14.0. The summed E-state index contributed by atoms with van der Waals surface area (Å²) in [6, 6.07) is -2.37. The van der Waals surface area contributed by atoms with Crippen LogP contribution in [0.1, 0.15) is 12.8 Å². The lowest BCUT2D eigenvalue weighted by atomic mass is 10.1. The van der Waals surface area contributed by atoms with Crippen molar-refractivity contribution in [2.24, 2.45) is 5.73 Å². The second-order valence-electron chi connectivity index (χ2n) is 7.78. The summed E-state index contributed by atoms with van der Waals surface area (Å²) in [4.78, 5) is 46.4. The molecule has 0 aliphatic carbocycles. The number of thioether (sulfide) groups is 1. The highest BCUT2D eigenvalue weighted by Crippen LogP contribution is 2.54. The van der Waals surface area contributed by atoms with Crippen molar-refractivity contribution < 1.29 is 38.5 Å². The normalized spacial score (nSPS) is 13.3. The van der Waals surface area contributed by atoms with Crippen LogP contribution in [0.5, 0.6) is 0 Å². The molecule has 2 unspecified atom stereocenters. The number of hydrogen-bond donors (Lipinski definition) is 5. The summed E-state index contributed by atoms with van der Waals surface area (Å²) in [6.45, 7) is 0.285. The number of nitrogens with one attached hydrogen (secondary N) is 2. The molecule has 0 aliphatic rings. The summed E-state index contributed by atoms with van der Waals surface area (Å²) in [5, 5.41) is 22.3. The van der Waals surface area contributed by atoms with Crippen LogP contribution in [0.4, 0.5) is 0 Å². The van der Waals surface area contributed by atoms with Crippen molar-refractivity contribution in [3.63, 3.8) is 0 Å². The van der Waals surface area contributed by atoms with Gasteiger partial charge in [-0.05, 0) is 6.42 Å². The third-order valence-corrected chi connectivity index (χ3v) is 9.37. The highest BCUT2D eigenvalue weighted by atomic mass is 35.5. The second kappa shape index (κ2) is 22.1. The Hall–Kier alpha value is -0.540. The molecule has 39 heavy (non-hydrogen) atoms. The molecule has 0 aliphatic heterocycles. The molecule has 0 saturated heterocycles. The van der Waals surface area contributed by atoms with Gasteiger partial charge in [0.1, 0.15) is 18.6 Å². The van der Waals surface area contributed by atoms with Gasteiger partial charge in [0.2, 0.25) is 11.8 Å². The molecule has 2 atom stereocenters. The molecular weight excluding hydrogens is 643 g/mol. The zero-order valence-electron chi connectivity index (χ0n) is 21.2. The predicted octanol–water partition coefficient (Wildman–Crippen LogP) is 1.28. The number of nitrogens with zero attached hydrogens (tertiary/aromatic N) is 2. The minimum Gasteiger partial charge on any atom is -0.480 e. The molecule has 0 aromatic heterocycles. The summed E-state index contributed by atoms with van der Waals surface area (Å²) in [5.41, 5.74) is 5.40. The fourth-order valence-electron chi connectivity index (χ4n) is 3.02. The van der Waals surface area contributed by atoms with Gasteiger partial charge in [0.25, 0.3) is 0 Å². The Morgan fingerprint density at radius 1 is 0.949 bits per heavy atom. The van der Waals surface area contributed by atoms with E-state index >= 15 is 0 Å². The molecule has 0 heterocycles. The molecule has 0 bridgehead atoms. The van der Waals surface area contributed by atoms with Gasteiger partial charge in [-0.1, -0.05) is 0 Å². The van der Waals surface area contributed by atoms with E-state index in [-0.39, 0.29) is 80.7 Å². The Labute approximate surface area is 252 Å². The molecule has 228 valence electrons. The zero-order valence-corrected chi connectivity index (χ0v) is 26.0. The minimum atomic E-state index is -3.62. The largest absolute Gasteiger partial charge is 0.480 e. The first-order chi connectivity index (χ1) is 18.5. The summed E-state index contributed by atoms with van der Waals surface area (Å²) in [5.74, 6) is -2.91. The van der Waals surface area contributed by atoms with Crippen LogP contribution >= 0.6 is 65.8 Å². The van der Waals surface area contributed by atoms with E-state index in [9.17, 15) is 23.7 Å². The molecule has 19 heteroatoms. The number of carboxylic acid groups (broad SMARTS) is 2. The topological polar surface area (TPSA) is 192 Å². The van der Waals surface area contributed by atoms with Crippen LogP contribution in [0.3, 0.4) is 0 Å². The highest BCUT2D eigenvalue weighted by Gasteiger charge is 2.38. The summed E-state index contributed by atoms with van der Waals surface area (Å²) in [6.07, 6.45) is -0.399. The van der Waals surface area contributed by atoms with E-state index in [1.54, 1.807) is 9.34 Å². The van der Waals surface area contributed by atoms with Gasteiger partial charge < -0.3 is 31.1 Å². The van der Waals surface area contributed by atoms with Crippen molar-refractivity contribution in [3.05, 3.63) is 0 Å². The maximum Gasteiger partial charge on any atom is 0.346 e. The van der Waals surface area contributed by atoms with Gasteiger partial charge >= 0.3 is 19.6 Å². The Kier molecular flexibility index (Phi) is 21.8. The van der Waals surface area contributed by atoms with Crippen LogP contribution in [0, 0.1) is 0 Å². The number of amides is 2. The first-order valence-electron chi connectivity index (χ1n) is 11.8. The monoisotopic (exact) mass is 677 g/mol. The van der Waals surface area contributed by atoms with Gasteiger partial charge in [-0.2, -0.15) is 11.8 Å². The lowest BCUT2D eigenvalue weighted by molar-refractivity contribution is -0.139. The lowest BCUT2D eigenvalue weighted by Gasteiger charge is -2.37. The minimum absolute atomic E-state index is 0.0189. The van der Waals surface area contributed by atoms with Gasteiger partial charge in [0.15, 0.2) is 0 Å². The van der Waals surface area contributed by atoms with Gasteiger partial charge in [0, 0.05) is 67.6 Å². The van der Waals surface area contributed by atoms with E-state index in [1.807, 2.05) is 0 Å². The van der Waals surface area contributed by atoms with Gasteiger partial charge in [-0.3, -0.25) is 23.7 Å². The SMILES string of the molecule is NC(CCC(=O)NC(CSCCOP(=O)(N(CCCl)CCCl)N(CCCl)CCCl)C(=O)NCC(=O)O)C(=O)O. The molecule has 0 rings (SSSR count). The van der Waals surface area contributed by atoms with Gasteiger partial charge in [-0.15, -0.1) is 46.4 Å². The molecule has 0 aromatic rings. The second-order valence-corrected chi connectivity index (χ2v) is 12.8. The first kappa shape index (κ1) is 38.5. The van der Waals surface area contributed by atoms with E-state index in [0.717, 1.165) is 0 Å².